The number of para-hydroxylation sites is 1. The zero-order chi connectivity index (χ0) is 13.2. The normalized spacial score (nSPS) is 12.7. The number of rotatable bonds is 3. The van der Waals surface area contributed by atoms with Gasteiger partial charge in [-0.25, -0.2) is 0 Å². The molecule has 0 fully saturated rings. The number of pyridine rings is 1. The fraction of sp³-hybridized carbons (Fsp3) is 0.133. The van der Waals surface area contributed by atoms with Gasteiger partial charge in [-0.1, -0.05) is 18.2 Å². The Morgan fingerprint density at radius 3 is 2.84 bits per heavy atom. The van der Waals surface area contributed by atoms with E-state index in [1.807, 2.05) is 37.5 Å². The van der Waals surface area contributed by atoms with E-state index in [-0.39, 0.29) is 6.04 Å². The van der Waals surface area contributed by atoms with Crippen molar-refractivity contribution >= 4 is 22.5 Å². The second-order valence-corrected chi connectivity index (χ2v) is 4.68. The second kappa shape index (κ2) is 5.03. The maximum Gasteiger partial charge on any atom is 0.198 e. The molecular weight excluding hydrogens is 260 g/mol. The lowest BCUT2D eigenvalue weighted by Crippen LogP contribution is -2.17. The van der Waals surface area contributed by atoms with Gasteiger partial charge in [0.2, 0.25) is 0 Å². The molecule has 0 aliphatic carbocycles. The SMILES string of the molecule is CNC(c1cnc2ccccc2c1)c1ccoc1Cl. The van der Waals surface area contributed by atoms with E-state index in [9.17, 15) is 0 Å². The van der Waals surface area contributed by atoms with Gasteiger partial charge in [-0.15, -0.1) is 0 Å². The zero-order valence-corrected chi connectivity index (χ0v) is 11.2. The minimum atomic E-state index is -0.0247. The fourth-order valence-electron chi connectivity index (χ4n) is 2.26. The third-order valence-corrected chi connectivity index (χ3v) is 3.50. The van der Waals surface area contributed by atoms with Crippen molar-refractivity contribution in [2.24, 2.45) is 0 Å². The Morgan fingerprint density at radius 1 is 1.26 bits per heavy atom. The van der Waals surface area contributed by atoms with Gasteiger partial charge in [0.25, 0.3) is 0 Å². The molecule has 0 amide bonds. The number of nitrogens with one attached hydrogen (secondary N) is 1. The summed E-state index contributed by atoms with van der Waals surface area (Å²) in [5.74, 6) is 0. The van der Waals surface area contributed by atoms with Gasteiger partial charge in [0.15, 0.2) is 5.22 Å². The first kappa shape index (κ1) is 12.2. The van der Waals surface area contributed by atoms with Gasteiger partial charge in [-0.2, -0.15) is 0 Å². The fourth-order valence-corrected chi connectivity index (χ4v) is 2.48. The highest BCUT2D eigenvalue weighted by molar-refractivity contribution is 6.29. The van der Waals surface area contributed by atoms with Crippen molar-refractivity contribution in [1.82, 2.24) is 10.3 Å². The lowest BCUT2D eigenvalue weighted by atomic mass is 10.0. The van der Waals surface area contributed by atoms with Gasteiger partial charge in [0, 0.05) is 17.1 Å². The molecule has 0 spiro atoms. The first-order valence-electron chi connectivity index (χ1n) is 6.04. The van der Waals surface area contributed by atoms with Crippen molar-refractivity contribution in [2.45, 2.75) is 6.04 Å². The molecule has 3 nitrogen and oxygen atoms in total. The van der Waals surface area contributed by atoms with Crippen LogP contribution in [0.1, 0.15) is 17.2 Å². The van der Waals surface area contributed by atoms with Gasteiger partial charge < -0.3 is 9.73 Å². The molecule has 0 bridgehead atoms. The van der Waals surface area contributed by atoms with Crippen LogP contribution in [-0.2, 0) is 0 Å². The summed E-state index contributed by atoms with van der Waals surface area (Å²) in [5.41, 5.74) is 2.96. The van der Waals surface area contributed by atoms with Gasteiger partial charge in [0.05, 0.1) is 17.8 Å². The molecule has 1 unspecified atom stereocenters. The van der Waals surface area contributed by atoms with Crippen LogP contribution in [0.15, 0.2) is 53.3 Å². The van der Waals surface area contributed by atoms with Crippen molar-refractivity contribution in [3.63, 3.8) is 0 Å². The second-order valence-electron chi connectivity index (χ2n) is 4.33. The highest BCUT2D eigenvalue weighted by atomic mass is 35.5. The van der Waals surface area contributed by atoms with E-state index < -0.39 is 0 Å². The van der Waals surface area contributed by atoms with Crippen molar-refractivity contribution in [3.05, 3.63) is 65.2 Å². The number of furan rings is 1. The average molecular weight is 273 g/mol. The molecule has 0 radical (unpaired) electrons. The van der Waals surface area contributed by atoms with E-state index in [2.05, 4.69) is 22.4 Å². The molecule has 96 valence electrons. The van der Waals surface area contributed by atoms with E-state index in [4.69, 9.17) is 16.0 Å². The Morgan fingerprint density at radius 2 is 2.11 bits per heavy atom. The number of aromatic nitrogens is 1. The molecule has 19 heavy (non-hydrogen) atoms. The minimum absolute atomic E-state index is 0.0247. The molecule has 1 N–H and O–H groups in total. The van der Waals surface area contributed by atoms with E-state index in [1.165, 1.54) is 0 Å². The summed E-state index contributed by atoms with van der Waals surface area (Å²) in [6.07, 6.45) is 3.46. The van der Waals surface area contributed by atoms with Crippen LogP contribution >= 0.6 is 11.6 Å². The van der Waals surface area contributed by atoms with Crippen LogP contribution in [0.3, 0.4) is 0 Å². The summed E-state index contributed by atoms with van der Waals surface area (Å²) in [5, 5.41) is 4.76. The van der Waals surface area contributed by atoms with Gasteiger partial charge in [-0.3, -0.25) is 4.98 Å². The van der Waals surface area contributed by atoms with Crippen LogP contribution in [0.4, 0.5) is 0 Å². The minimum Gasteiger partial charge on any atom is -0.453 e. The monoisotopic (exact) mass is 272 g/mol. The molecule has 1 atom stereocenters. The van der Waals surface area contributed by atoms with Crippen LogP contribution in [0.5, 0.6) is 0 Å². The molecule has 1 aromatic carbocycles. The summed E-state index contributed by atoms with van der Waals surface area (Å²) in [6.45, 7) is 0. The number of halogens is 1. The first-order valence-corrected chi connectivity index (χ1v) is 6.42. The molecule has 2 heterocycles. The van der Waals surface area contributed by atoms with Crippen molar-refractivity contribution in [2.75, 3.05) is 7.05 Å². The van der Waals surface area contributed by atoms with Crippen LogP contribution in [0.25, 0.3) is 10.9 Å². The molecular formula is C15H13ClN2O. The lowest BCUT2D eigenvalue weighted by molar-refractivity contribution is 0.559. The molecule has 4 heteroatoms. The standard InChI is InChI=1S/C15H13ClN2O/c1-17-14(12-6-7-19-15(12)16)11-8-10-4-2-3-5-13(10)18-9-11/h2-9,14,17H,1H3. The highest BCUT2D eigenvalue weighted by Crippen LogP contribution is 2.29. The Balaban J connectivity index is 2.09. The quantitative estimate of drug-likeness (QED) is 0.788. The Hall–Kier alpha value is -1.84. The molecule has 3 rings (SSSR count). The van der Waals surface area contributed by atoms with Crippen LogP contribution in [0, 0.1) is 0 Å². The van der Waals surface area contributed by atoms with Crippen molar-refractivity contribution in [3.8, 4) is 0 Å². The first-order chi connectivity index (χ1) is 9.29. The Kier molecular flexibility index (Phi) is 3.23. The summed E-state index contributed by atoms with van der Waals surface area (Å²) < 4.78 is 5.16. The van der Waals surface area contributed by atoms with E-state index in [1.54, 1.807) is 6.26 Å². The van der Waals surface area contributed by atoms with E-state index in [0.29, 0.717) is 5.22 Å². The molecule has 3 aromatic rings. The Labute approximate surface area is 116 Å². The number of fused-ring (bicyclic) bond motifs is 1. The maximum absolute atomic E-state index is 6.05. The molecule has 2 aromatic heterocycles. The van der Waals surface area contributed by atoms with Gasteiger partial charge >= 0.3 is 0 Å². The Bertz CT molecular complexity index is 708. The topological polar surface area (TPSA) is 38.1 Å². The molecule has 0 saturated carbocycles. The predicted octanol–water partition coefficient (Wildman–Crippen LogP) is 3.79. The highest BCUT2D eigenvalue weighted by Gasteiger charge is 2.17. The number of nitrogens with zero attached hydrogens (tertiary/aromatic N) is 1. The number of benzene rings is 1. The summed E-state index contributed by atoms with van der Waals surface area (Å²) in [7, 11) is 1.89. The van der Waals surface area contributed by atoms with Crippen LogP contribution in [0.2, 0.25) is 5.22 Å². The largest absolute Gasteiger partial charge is 0.453 e. The van der Waals surface area contributed by atoms with Crippen molar-refractivity contribution < 1.29 is 4.42 Å². The summed E-state index contributed by atoms with van der Waals surface area (Å²) in [4.78, 5) is 4.48. The molecule has 0 aliphatic rings. The number of hydrogen-bond acceptors (Lipinski definition) is 3. The summed E-state index contributed by atoms with van der Waals surface area (Å²) >= 11 is 6.05. The average Bonchev–Trinajstić information content (AvgIpc) is 2.86. The maximum atomic E-state index is 6.05. The van der Waals surface area contributed by atoms with E-state index >= 15 is 0 Å². The van der Waals surface area contributed by atoms with Gasteiger partial charge in [0.1, 0.15) is 0 Å². The van der Waals surface area contributed by atoms with Crippen LogP contribution in [-0.4, -0.2) is 12.0 Å². The molecule has 0 aliphatic heterocycles. The summed E-state index contributed by atoms with van der Waals surface area (Å²) in [6, 6.07) is 12.0. The third-order valence-electron chi connectivity index (χ3n) is 3.19. The van der Waals surface area contributed by atoms with Gasteiger partial charge in [-0.05, 0) is 42.4 Å². The zero-order valence-electron chi connectivity index (χ0n) is 10.4. The van der Waals surface area contributed by atoms with E-state index in [0.717, 1.165) is 22.0 Å². The van der Waals surface area contributed by atoms with Crippen LogP contribution < -0.4 is 5.32 Å². The van der Waals surface area contributed by atoms with Crippen molar-refractivity contribution in [1.29, 1.82) is 0 Å². The smallest absolute Gasteiger partial charge is 0.198 e. The third kappa shape index (κ3) is 2.23. The predicted molar refractivity (Wildman–Crippen MR) is 76.4 cm³/mol. The number of hydrogen-bond donors (Lipinski definition) is 1. The lowest BCUT2D eigenvalue weighted by Gasteiger charge is -2.15. The molecule has 0 saturated heterocycles.